The van der Waals surface area contributed by atoms with Gasteiger partial charge in [-0.05, 0) is 23.2 Å². The molecular formula is C16H14N5O3S-. The minimum Gasteiger partial charge on any atom is -0.771 e. The molecule has 3 aromatic rings. The molecule has 0 saturated heterocycles. The van der Waals surface area contributed by atoms with Crippen molar-refractivity contribution in [1.82, 2.24) is 14.8 Å². The molecule has 128 valence electrons. The van der Waals surface area contributed by atoms with E-state index in [2.05, 4.69) is 15.4 Å². The van der Waals surface area contributed by atoms with Crippen molar-refractivity contribution >= 4 is 22.7 Å². The van der Waals surface area contributed by atoms with Gasteiger partial charge in [-0.1, -0.05) is 30.3 Å². The molecule has 0 spiro atoms. The van der Waals surface area contributed by atoms with Crippen LogP contribution in [0, 0.1) is 0 Å². The fourth-order valence-electron chi connectivity index (χ4n) is 2.27. The number of nitrogens with zero attached hydrogens (tertiary/aromatic N) is 3. The van der Waals surface area contributed by atoms with Crippen molar-refractivity contribution < 1.29 is 13.6 Å². The van der Waals surface area contributed by atoms with E-state index in [0.717, 1.165) is 11.3 Å². The Balaban J connectivity index is 1.95. The summed E-state index contributed by atoms with van der Waals surface area (Å²) in [6.45, 7) is 0. The third-order valence-electron chi connectivity index (χ3n) is 3.40. The van der Waals surface area contributed by atoms with Crippen molar-refractivity contribution in [2.75, 3.05) is 11.2 Å². The maximum atomic E-state index is 11.8. The number of hydrogen-bond acceptors (Lipinski definition) is 6. The zero-order valence-electron chi connectivity index (χ0n) is 13.0. The van der Waals surface area contributed by atoms with Gasteiger partial charge in [0.1, 0.15) is 0 Å². The molecular weight excluding hydrogens is 342 g/mol. The van der Waals surface area contributed by atoms with E-state index < -0.39 is 17.0 Å². The van der Waals surface area contributed by atoms with Crippen molar-refractivity contribution in [1.29, 1.82) is 0 Å². The Morgan fingerprint density at radius 2 is 2.04 bits per heavy atom. The van der Waals surface area contributed by atoms with E-state index in [9.17, 15) is 13.6 Å². The van der Waals surface area contributed by atoms with Crippen LogP contribution in [-0.2, 0) is 11.1 Å². The average molecular weight is 356 g/mol. The lowest BCUT2D eigenvalue weighted by molar-refractivity contribution is 0.1000. The number of hydrogen-bond donors (Lipinski definition) is 2. The first-order chi connectivity index (χ1) is 12.0. The molecule has 3 N–H and O–H groups in total. The second-order valence-electron chi connectivity index (χ2n) is 5.10. The minimum absolute atomic E-state index is 0.129. The molecule has 3 rings (SSSR count). The SMILES string of the molecule is NC(=O)c1cc(NCS(=O)[O-])cnc1-n1ccc(-c2ccccc2)n1. The van der Waals surface area contributed by atoms with E-state index in [1.54, 1.807) is 12.3 Å². The summed E-state index contributed by atoms with van der Waals surface area (Å²) in [5.74, 6) is -0.714. The molecule has 9 heteroatoms. The van der Waals surface area contributed by atoms with Crippen molar-refractivity contribution in [3.8, 4) is 17.1 Å². The van der Waals surface area contributed by atoms with Crippen LogP contribution >= 0.6 is 0 Å². The Bertz CT molecular complexity index is 927. The summed E-state index contributed by atoms with van der Waals surface area (Å²) >= 11 is -2.27. The second kappa shape index (κ2) is 7.24. The molecule has 0 aliphatic carbocycles. The maximum Gasteiger partial charge on any atom is 0.252 e. The molecule has 8 nitrogen and oxygen atoms in total. The van der Waals surface area contributed by atoms with Crippen LogP contribution in [0.3, 0.4) is 0 Å². The van der Waals surface area contributed by atoms with Crippen LogP contribution in [0.2, 0.25) is 0 Å². The molecule has 0 aliphatic rings. The van der Waals surface area contributed by atoms with Crippen LogP contribution in [0.25, 0.3) is 17.1 Å². The fraction of sp³-hybridized carbons (Fsp3) is 0.0625. The average Bonchev–Trinajstić information content (AvgIpc) is 3.10. The Hall–Kier alpha value is -3.04. The van der Waals surface area contributed by atoms with Crippen molar-refractivity contribution in [3.05, 3.63) is 60.4 Å². The lowest BCUT2D eigenvalue weighted by Gasteiger charge is -2.11. The number of nitrogens with one attached hydrogen (secondary N) is 1. The van der Waals surface area contributed by atoms with E-state index in [1.165, 1.54) is 16.9 Å². The van der Waals surface area contributed by atoms with Crippen LogP contribution in [0.15, 0.2) is 54.9 Å². The monoisotopic (exact) mass is 356 g/mol. The molecule has 0 radical (unpaired) electrons. The Labute approximate surface area is 146 Å². The lowest BCUT2D eigenvalue weighted by Crippen LogP contribution is -2.17. The number of primary amides is 1. The topological polar surface area (TPSA) is 126 Å². The van der Waals surface area contributed by atoms with Crippen LogP contribution in [0.1, 0.15) is 10.4 Å². The first kappa shape index (κ1) is 16.8. The highest BCUT2D eigenvalue weighted by Crippen LogP contribution is 2.20. The molecule has 25 heavy (non-hydrogen) atoms. The van der Waals surface area contributed by atoms with Gasteiger partial charge in [-0.15, -0.1) is 0 Å². The Morgan fingerprint density at radius 3 is 2.72 bits per heavy atom. The molecule has 2 aromatic heterocycles. The summed E-state index contributed by atoms with van der Waals surface area (Å²) in [4.78, 5) is 15.9. The quantitative estimate of drug-likeness (QED) is 0.641. The number of nitrogens with two attached hydrogens (primary N) is 1. The van der Waals surface area contributed by atoms with E-state index in [-0.39, 0.29) is 17.3 Å². The number of aromatic nitrogens is 3. The van der Waals surface area contributed by atoms with E-state index in [4.69, 9.17) is 5.73 Å². The van der Waals surface area contributed by atoms with Crippen molar-refractivity contribution in [2.45, 2.75) is 0 Å². The summed E-state index contributed by atoms with van der Waals surface area (Å²) < 4.78 is 22.7. The minimum atomic E-state index is -2.27. The molecule has 0 saturated carbocycles. The van der Waals surface area contributed by atoms with Crippen LogP contribution in [0.4, 0.5) is 5.69 Å². The molecule has 1 aromatic carbocycles. The Morgan fingerprint density at radius 1 is 1.28 bits per heavy atom. The molecule has 1 amide bonds. The molecule has 1 atom stereocenters. The molecule has 2 heterocycles. The van der Waals surface area contributed by atoms with Gasteiger partial charge in [0.05, 0.1) is 29.0 Å². The number of benzene rings is 1. The zero-order valence-corrected chi connectivity index (χ0v) is 13.8. The highest BCUT2D eigenvalue weighted by atomic mass is 32.2. The van der Waals surface area contributed by atoms with Crippen molar-refractivity contribution in [2.24, 2.45) is 5.73 Å². The van der Waals surface area contributed by atoms with E-state index in [1.807, 2.05) is 30.3 Å². The third-order valence-corrected chi connectivity index (χ3v) is 3.78. The summed E-state index contributed by atoms with van der Waals surface area (Å²) in [6.07, 6.45) is 3.09. The van der Waals surface area contributed by atoms with Gasteiger partial charge >= 0.3 is 0 Å². The number of rotatable bonds is 6. The highest BCUT2D eigenvalue weighted by Gasteiger charge is 2.14. The number of anilines is 1. The van der Waals surface area contributed by atoms with Gasteiger partial charge in [-0.2, -0.15) is 5.10 Å². The molecule has 0 bridgehead atoms. The smallest absolute Gasteiger partial charge is 0.252 e. The highest BCUT2D eigenvalue weighted by molar-refractivity contribution is 7.79. The predicted octanol–water partition coefficient (Wildman–Crippen LogP) is 1.28. The molecule has 0 aliphatic heterocycles. The second-order valence-corrected chi connectivity index (χ2v) is 5.99. The van der Waals surface area contributed by atoms with Gasteiger partial charge in [-0.3, -0.25) is 9.00 Å². The van der Waals surface area contributed by atoms with E-state index in [0.29, 0.717) is 5.69 Å². The number of carbonyl (C=O) groups is 1. The normalized spacial score (nSPS) is 11.9. The fourth-order valence-corrected chi connectivity index (χ4v) is 2.55. The summed E-state index contributed by atoms with van der Waals surface area (Å²) in [5.41, 5.74) is 7.58. The maximum absolute atomic E-state index is 11.8. The molecule has 0 fully saturated rings. The van der Waals surface area contributed by atoms with Crippen LogP contribution in [-0.4, -0.2) is 35.3 Å². The standard InChI is InChI=1S/C16H15N5O3S/c17-15(22)13-8-12(19-10-25(23)24)9-18-16(13)21-7-6-14(20-21)11-4-2-1-3-5-11/h1-9,19H,10H2,(H2,17,22)(H,23,24)/p-1. The largest absolute Gasteiger partial charge is 0.771 e. The summed E-state index contributed by atoms with van der Waals surface area (Å²) in [6, 6.07) is 12.8. The lowest BCUT2D eigenvalue weighted by atomic mass is 10.2. The predicted molar refractivity (Wildman–Crippen MR) is 92.7 cm³/mol. The zero-order chi connectivity index (χ0) is 17.8. The van der Waals surface area contributed by atoms with Crippen LogP contribution < -0.4 is 11.1 Å². The Kier molecular flexibility index (Phi) is 4.87. The third kappa shape index (κ3) is 3.90. The van der Waals surface area contributed by atoms with Gasteiger partial charge in [-0.25, -0.2) is 9.67 Å². The first-order valence-corrected chi connectivity index (χ1v) is 8.50. The van der Waals surface area contributed by atoms with Gasteiger partial charge in [0, 0.05) is 11.8 Å². The van der Waals surface area contributed by atoms with Crippen molar-refractivity contribution in [3.63, 3.8) is 0 Å². The summed E-state index contributed by atoms with van der Waals surface area (Å²) in [7, 11) is 0. The molecule has 1 unspecified atom stereocenters. The number of amides is 1. The van der Waals surface area contributed by atoms with Gasteiger partial charge in [0.2, 0.25) is 0 Å². The van der Waals surface area contributed by atoms with Crippen LogP contribution in [0.5, 0.6) is 0 Å². The number of pyridine rings is 1. The van der Waals surface area contributed by atoms with Gasteiger partial charge < -0.3 is 15.6 Å². The van der Waals surface area contributed by atoms with Gasteiger partial charge in [0.25, 0.3) is 5.91 Å². The number of carbonyl (C=O) groups excluding carboxylic acids is 1. The summed E-state index contributed by atoms with van der Waals surface area (Å²) in [5, 5.41) is 7.06. The van der Waals surface area contributed by atoms with Gasteiger partial charge in [0.15, 0.2) is 5.82 Å². The first-order valence-electron chi connectivity index (χ1n) is 7.25. The van der Waals surface area contributed by atoms with E-state index >= 15 is 0 Å².